The second-order valence-electron chi connectivity index (χ2n) is 4.94. The highest BCUT2D eigenvalue weighted by Gasteiger charge is 2.17. The summed E-state index contributed by atoms with van der Waals surface area (Å²) in [4.78, 5) is 11.5. The van der Waals surface area contributed by atoms with E-state index in [2.05, 4.69) is 5.32 Å². The molecule has 0 rings (SSSR count). The number of nitrogens with one attached hydrogen (secondary N) is 1. The third-order valence-electron chi connectivity index (χ3n) is 2.64. The minimum absolute atomic E-state index is 0.157. The SMILES string of the molecule is COCCNC(=O)CCN(CCC(C)C)S(C)(=O)=O. The third-order valence-corrected chi connectivity index (χ3v) is 3.94. The van der Waals surface area contributed by atoms with Crippen molar-refractivity contribution in [3.8, 4) is 0 Å². The second kappa shape index (κ2) is 9.28. The largest absolute Gasteiger partial charge is 0.383 e. The molecule has 19 heavy (non-hydrogen) atoms. The molecule has 0 unspecified atom stereocenters. The van der Waals surface area contributed by atoms with Crippen molar-refractivity contribution >= 4 is 15.9 Å². The summed E-state index contributed by atoms with van der Waals surface area (Å²) in [6, 6.07) is 0. The zero-order chi connectivity index (χ0) is 14.9. The highest BCUT2D eigenvalue weighted by Crippen LogP contribution is 2.06. The minimum atomic E-state index is -3.25. The zero-order valence-corrected chi connectivity index (χ0v) is 13.1. The standard InChI is InChI=1S/C12H26N2O4S/c1-11(2)5-8-14(19(4,16)17)9-6-12(15)13-7-10-18-3/h11H,5-10H2,1-4H3,(H,13,15). The maximum Gasteiger partial charge on any atom is 0.221 e. The average Bonchev–Trinajstić information content (AvgIpc) is 2.27. The van der Waals surface area contributed by atoms with Gasteiger partial charge in [-0.2, -0.15) is 0 Å². The molecule has 0 aliphatic heterocycles. The molecule has 0 aliphatic carbocycles. The smallest absolute Gasteiger partial charge is 0.221 e. The van der Waals surface area contributed by atoms with Crippen molar-refractivity contribution in [2.24, 2.45) is 5.92 Å². The quantitative estimate of drug-likeness (QED) is 0.593. The Morgan fingerprint density at radius 2 is 1.95 bits per heavy atom. The maximum absolute atomic E-state index is 11.6. The van der Waals surface area contributed by atoms with Crippen molar-refractivity contribution in [1.29, 1.82) is 0 Å². The molecule has 0 saturated carbocycles. The van der Waals surface area contributed by atoms with Crippen LogP contribution in [-0.4, -0.2) is 58.2 Å². The molecule has 1 N–H and O–H groups in total. The van der Waals surface area contributed by atoms with E-state index in [1.165, 1.54) is 10.6 Å². The van der Waals surface area contributed by atoms with Crippen molar-refractivity contribution < 1.29 is 17.9 Å². The van der Waals surface area contributed by atoms with E-state index < -0.39 is 10.0 Å². The molecular weight excluding hydrogens is 268 g/mol. The highest BCUT2D eigenvalue weighted by molar-refractivity contribution is 7.88. The number of rotatable bonds is 10. The molecular formula is C12H26N2O4S. The summed E-state index contributed by atoms with van der Waals surface area (Å²) in [6.07, 6.45) is 2.14. The lowest BCUT2D eigenvalue weighted by molar-refractivity contribution is -0.121. The fourth-order valence-corrected chi connectivity index (χ4v) is 2.31. The highest BCUT2D eigenvalue weighted by atomic mass is 32.2. The van der Waals surface area contributed by atoms with Crippen LogP contribution in [0.1, 0.15) is 26.7 Å². The number of ether oxygens (including phenoxy) is 1. The van der Waals surface area contributed by atoms with Crippen molar-refractivity contribution in [2.45, 2.75) is 26.7 Å². The van der Waals surface area contributed by atoms with Crippen LogP contribution in [0.4, 0.5) is 0 Å². The predicted molar refractivity (Wildman–Crippen MR) is 75.4 cm³/mol. The van der Waals surface area contributed by atoms with E-state index in [4.69, 9.17) is 4.74 Å². The Balaban J connectivity index is 4.16. The Bertz CT molecular complexity index is 355. The van der Waals surface area contributed by atoms with Crippen LogP contribution in [0.2, 0.25) is 0 Å². The summed E-state index contributed by atoms with van der Waals surface area (Å²) >= 11 is 0. The number of hydrogen-bond acceptors (Lipinski definition) is 4. The molecule has 0 fully saturated rings. The summed E-state index contributed by atoms with van der Waals surface area (Å²) in [5.41, 5.74) is 0. The Morgan fingerprint density at radius 3 is 2.42 bits per heavy atom. The van der Waals surface area contributed by atoms with Crippen molar-refractivity contribution in [3.63, 3.8) is 0 Å². The monoisotopic (exact) mass is 294 g/mol. The molecule has 114 valence electrons. The van der Waals surface area contributed by atoms with Crippen LogP contribution < -0.4 is 5.32 Å². The van der Waals surface area contributed by atoms with Crippen LogP contribution in [-0.2, 0) is 19.6 Å². The van der Waals surface area contributed by atoms with Gasteiger partial charge in [-0.1, -0.05) is 13.8 Å². The van der Waals surface area contributed by atoms with Gasteiger partial charge >= 0.3 is 0 Å². The van der Waals surface area contributed by atoms with Gasteiger partial charge in [-0.15, -0.1) is 0 Å². The molecule has 7 heteroatoms. The molecule has 0 aromatic carbocycles. The van der Waals surface area contributed by atoms with E-state index in [-0.39, 0.29) is 18.9 Å². The van der Waals surface area contributed by atoms with Crippen molar-refractivity contribution in [3.05, 3.63) is 0 Å². The number of methoxy groups -OCH3 is 1. The molecule has 6 nitrogen and oxygen atoms in total. The Labute approximate surface area is 116 Å². The summed E-state index contributed by atoms with van der Waals surface area (Å²) < 4.78 is 29.4. The molecule has 0 spiro atoms. The summed E-state index contributed by atoms with van der Waals surface area (Å²) in [5.74, 6) is 0.273. The molecule has 0 bridgehead atoms. The fourth-order valence-electron chi connectivity index (χ4n) is 1.45. The maximum atomic E-state index is 11.6. The molecule has 0 heterocycles. The van der Waals surface area contributed by atoms with E-state index in [0.717, 1.165) is 6.42 Å². The first-order chi connectivity index (χ1) is 8.77. The van der Waals surface area contributed by atoms with E-state index in [1.54, 1.807) is 7.11 Å². The van der Waals surface area contributed by atoms with E-state index in [9.17, 15) is 13.2 Å². The molecule has 0 atom stereocenters. The molecule has 0 aromatic rings. The van der Waals surface area contributed by atoms with Gasteiger partial charge < -0.3 is 10.1 Å². The van der Waals surface area contributed by atoms with Gasteiger partial charge in [0.2, 0.25) is 15.9 Å². The number of hydrogen-bond donors (Lipinski definition) is 1. The first kappa shape index (κ1) is 18.3. The lowest BCUT2D eigenvalue weighted by Crippen LogP contribution is -2.36. The average molecular weight is 294 g/mol. The topological polar surface area (TPSA) is 75.7 Å². The molecule has 0 aromatic heterocycles. The van der Waals surface area contributed by atoms with Crippen LogP contribution in [0.15, 0.2) is 0 Å². The van der Waals surface area contributed by atoms with Crippen LogP contribution >= 0.6 is 0 Å². The Hall–Kier alpha value is -0.660. The van der Waals surface area contributed by atoms with E-state index >= 15 is 0 Å². The minimum Gasteiger partial charge on any atom is -0.383 e. The molecule has 1 amide bonds. The van der Waals surface area contributed by atoms with Crippen LogP contribution in [0.3, 0.4) is 0 Å². The second-order valence-corrected chi connectivity index (χ2v) is 6.92. The van der Waals surface area contributed by atoms with Crippen LogP contribution in [0.5, 0.6) is 0 Å². The Kier molecular flexibility index (Phi) is 8.95. The van der Waals surface area contributed by atoms with Gasteiger partial charge in [0, 0.05) is 33.2 Å². The third kappa shape index (κ3) is 9.86. The lowest BCUT2D eigenvalue weighted by atomic mass is 10.1. The first-order valence-electron chi connectivity index (χ1n) is 6.48. The van der Waals surface area contributed by atoms with Gasteiger partial charge in [-0.25, -0.2) is 12.7 Å². The van der Waals surface area contributed by atoms with Gasteiger partial charge in [-0.3, -0.25) is 4.79 Å². The van der Waals surface area contributed by atoms with Crippen LogP contribution in [0.25, 0.3) is 0 Å². The van der Waals surface area contributed by atoms with E-state index in [1.807, 2.05) is 13.8 Å². The number of nitrogens with zero attached hydrogens (tertiary/aromatic N) is 1. The predicted octanol–water partition coefficient (Wildman–Crippen LogP) is 0.447. The van der Waals surface area contributed by atoms with Gasteiger partial charge in [0.1, 0.15) is 0 Å². The summed E-state index contributed by atoms with van der Waals surface area (Å²) in [5, 5.41) is 2.67. The Morgan fingerprint density at radius 1 is 1.32 bits per heavy atom. The first-order valence-corrected chi connectivity index (χ1v) is 8.33. The van der Waals surface area contributed by atoms with Gasteiger partial charge in [-0.05, 0) is 12.3 Å². The normalized spacial score (nSPS) is 12.1. The van der Waals surface area contributed by atoms with Crippen molar-refractivity contribution in [1.82, 2.24) is 9.62 Å². The zero-order valence-electron chi connectivity index (χ0n) is 12.3. The number of sulfonamides is 1. The van der Waals surface area contributed by atoms with Crippen LogP contribution in [0, 0.1) is 5.92 Å². The number of amides is 1. The molecule has 0 saturated heterocycles. The van der Waals surface area contributed by atoms with E-state index in [0.29, 0.717) is 25.6 Å². The fraction of sp³-hybridized carbons (Fsp3) is 0.917. The lowest BCUT2D eigenvalue weighted by Gasteiger charge is -2.20. The van der Waals surface area contributed by atoms with Gasteiger partial charge in [0.25, 0.3) is 0 Å². The molecule has 0 radical (unpaired) electrons. The summed E-state index contributed by atoms with van der Waals surface area (Å²) in [7, 11) is -1.69. The van der Waals surface area contributed by atoms with Gasteiger partial charge in [0.15, 0.2) is 0 Å². The van der Waals surface area contributed by atoms with Gasteiger partial charge in [0.05, 0.1) is 12.9 Å². The number of carbonyl (C=O) groups is 1. The number of carbonyl (C=O) groups excluding carboxylic acids is 1. The molecule has 0 aliphatic rings. The summed E-state index contributed by atoms with van der Waals surface area (Å²) in [6.45, 7) is 5.66. The van der Waals surface area contributed by atoms with Crippen molar-refractivity contribution in [2.75, 3.05) is 39.6 Å².